The molecule has 0 radical (unpaired) electrons. The molecule has 0 spiro atoms. The number of amides is 1. The van der Waals surface area contributed by atoms with Gasteiger partial charge in [0.15, 0.2) is 0 Å². The average molecular weight is 313 g/mol. The number of hydrogen-bond donors (Lipinski definition) is 1. The van der Waals surface area contributed by atoms with Crippen LogP contribution in [-0.2, 0) is 17.6 Å². The molecule has 0 bridgehead atoms. The monoisotopic (exact) mass is 313 g/mol. The predicted molar refractivity (Wildman–Crippen MR) is 87.1 cm³/mol. The van der Waals surface area contributed by atoms with Crippen molar-refractivity contribution in [1.29, 1.82) is 0 Å². The van der Waals surface area contributed by atoms with E-state index in [1.807, 2.05) is 18.2 Å². The van der Waals surface area contributed by atoms with Crippen LogP contribution < -0.4 is 5.32 Å². The first-order valence-corrected chi connectivity index (χ1v) is 7.84. The topological polar surface area (TPSA) is 38.3 Å². The zero-order valence-electron chi connectivity index (χ0n) is 13.1. The van der Waals surface area contributed by atoms with E-state index in [-0.39, 0.29) is 11.7 Å². The van der Waals surface area contributed by atoms with Crippen LogP contribution >= 0.6 is 0 Å². The smallest absolute Gasteiger partial charge is 0.406 e. The number of hydrogen-bond acceptors (Lipinski definition) is 2. The van der Waals surface area contributed by atoms with E-state index in [2.05, 4.69) is 22.2 Å². The van der Waals surface area contributed by atoms with E-state index in [1.165, 1.54) is 29.9 Å². The normalized spacial score (nSPS) is 16.0. The van der Waals surface area contributed by atoms with Gasteiger partial charge in [-0.05, 0) is 59.6 Å². The van der Waals surface area contributed by atoms with Gasteiger partial charge in [-0.2, -0.15) is 0 Å². The molecule has 0 aliphatic heterocycles. The lowest BCUT2D eigenvalue weighted by Crippen LogP contribution is -2.25. The van der Waals surface area contributed by atoms with Gasteiger partial charge in [0.1, 0.15) is 5.82 Å². The van der Waals surface area contributed by atoms with Crippen LogP contribution in [0.2, 0.25) is 0 Å². The highest BCUT2D eigenvalue weighted by Crippen LogP contribution is 2.34. The fourth-order valence-corrected chi connectivity index (χ4v) is 3.31. The van der Waals surface area contributed by atoms with E-state index in [4.69, 9.17) is 0 Å². The van der Waals surface area contributed by atoms with Crippen molar-refractivity contribution in [3.05, 3.63) is 70.5 Å². The molecule has 2 aromatic rings. The largest absolute Gasteiger partial charge is 0.453 e. The first kappa shape index (κ1) is 15.5. The molecule has 23 heavy (non-hydrogen) atoms. The number of carbonyl (C=O) groups is 1. The van der Waals surface area contributed by atoms with Gasteiger partial charge in [-0.1, -0.05) is 30.3 Å². The van der Waals surface area contributed by atoms with Crippen LogP contribution in [0, 0.1) is 5.82 Å². The number of fused-ring (bicyclic) bond motifs is 2. The third-order valence-corrected chi connectivity index (χ3v) is 4.46. The Bertz CT molecular complexity index is 714. The van der Waals surface area contributed by atoms with Gasteiger partial charge in [-0.15, -0.1) is 0 Å². The van der Waals surface area contributed by atoms with Crippen LogP contribution in [0.4, 0.5) is 9.18 Å². The first-order chi connectivity index (χ1) is 11.2. The maximum Gasteiger partial charge on any atom is 0.406 e. The van der Waals surface area contributed by atoms with Crippen molar-refractivity contribution in [3.63, 3.8) is 0 Å². The van der Waals surface area contributed by atoms with Gasteiger partial charge in [0, 0.05) is 6.54 Å². The Balaban J connectivity index is 1.86. The van der Waals surface area contributed by atoms with Gasteiger partial charge >= 0.3 is 6.09 Å². The Kier molecular flexibility index (Phi) is 4.60. The zero-order chi connectivity index (χ0) is 16.2. The van der Waals surface area contributed by atoms with Gasteiger partial charge in [-0.25, -0.2) is 9.18 Å². The van der Waals surface area contributed by atoms with Crippen LogP contribution in [-0.4, -0.2) is 19.7 Å². The van der Waals surface area contributed by atoms with Crippen molar-refractivity contribution in [1.82, 2.24) is 5.32 Å². The molecule has 0 heterocycles. The number of halogens is 1. The summed E-state index contributed by atoms with van der Waals surface area (Å²) in [5.74, 6) is 0.0625. The molecule has 1 N–H and O–H groups in total. The first-order valence-electron chi connectivity index (χ1n) is 7.84. The predicted octanol–water partition coefficient (Wildman–Crippen LogP) is 3.80. The SMILES string of the molecule is COC(=O)NCC[C@H]1Cc2cc(F)ccc2Cc2ccccc21. The van der Waals surface area contributed by atoms with Gasteiger partial charge < -0.3 is 10.1 Å². The number of carbonyl (C=O) groups excluding carboxylic acids is 1. The minimum Gasteiger partial charge on any atom is -0.453 e. The highest BCUT2D eigenvalue weighted by molar-refractivity contribution is 5.66. The summed E-state index contributed by atoms with van der Waals surface area (Å²) in [6, 6.07) is 13.4. The van der Waals surface area contributed by atoms with Gasteiger partial charge in [-0.3, -0.25) is 0 Å². The molecule has 120 valence electrons. The summed E-state index contributed by atoms with van der Waals surface area (Å²) in [5, 5.41) is 2.73. The fraction of sp³-hybridized carbons (Fsp3) is 0.316. The third kappa shape index (κ3) is 3.52. The lowest BCUT2D eigenvalue weighted by molar-refractivity contribution is 0.170. The van der Waals surface area contributed by atoms with Crippen molar-refractivity contribution in [3.8, 4) is 0 Å². The molecular formula is C19H20FNO2. The number of methoxy groups -OCH3 is 1. The second-order valence-corrected chi connectivity index (χ2v) is 5.90. The number of nitrogens with one attached hydrogen (secondary N) is 1. The minimum atomic E-state index is -0.418. The van der Waals surface area contributed by atoms with Crippen LogP contribution in [0.1, 0.15) is 34.6 Å². The standard InChI is InChI=1S/C19H20FNO2/c1-23-19(22)21-9-8-15-11-16-12-17(20)7-6-13(16)10-14-4-2-3-5-18(14)15/h2-7,12,15H,8-11H2,1H3,(H,21,22)/t15-/m0/s1. The summed E-state index contributed by atoms with van der Waals surface area (Å²) in [6.45, 7) is 0.538. The lowest BCUT2D eigenvalue weighted by atomic mass is 9.89. The van der Waals surface area contributed by atoms with Gasteiger partial charge in [0.05, 0.1) is 7.11 Å². The van der Waals surface area contributed by atoms with E-state index in [9.17, 15) is 9.18 Å². The van der Waals surface area contributed by atoms with Crippen LogP contribution in [0.3, 0.4) is 0 Å². The highest BCUT2D eigenvalue weighted by Gasteiger charge is 2.22. The summed E-state index contributed by atoms with van der Waals surface area (Å²) in [6.07, 6.45) is 1.99. The molecule has 0 aromatic heterocycles. The highest BCUT2D eigenvalue weighted by atomic mass is 19.1. The van der Waals surface area contributed by atoms with Crippen molar-refractivity contribution < 1.29 is 13.9 Å². The Labute approximate surface area is 135 Å². The zero-order valence-corrected chi connectivity index (χ0v) is 13.1. The number of ether oxygens (including phenoxy) is 1. The van der Waals surface area contributed by atoms with Crippen molar-refractivity contribution in [2.45, 2.75) is 25.2 Å². The van der Waals surface area contributed by atoms with E-state index in [0.717, 1.165) is 24.8 Å². The van der Waals surface area contributed by atoms with Gasteiger partial charge in [0.25, 0.3) is 0 Å². The van der Waals surface area contributed by atoms with E-state index < -0.39 is 6.09 Å². The summed E-state index contributed by atoms with van der Waals surface area (Å²) in [7, 11) is 1.36. The lowest BCUT2D eigenvalue weighted by Gasteiger charge is -2.18. The summed E-state index contributed by atoms with van der Waals surface area (Å²) in [4.78, 5) is 11.2. The third-order valence-electron chi connectivity index (χ3n) is 4.46. The summed E-state index contributed by atoms with van der Waals surface area (Å²) in [5.41, 5.74) is 4.81. The van der Waals surface area contributed by atoms with Crippen molar-refractivity contribution in [2.24, 2.45) is 0 Å². The summed E-state index contributed by atoms with van der Waals surface area (Å²) < 4.78 is 18.2. The van der Waals surface area contributed by atoms with Crippen LogP contribution in [0.25, 0.3) is 0 Å². The minimum absolute atomic E-state index is 0.193. The average Bonchev–Trinajstić information content (AvgIpc) is 2.71. The number of alkyl carbamates (subject to hydrolysis) is 1. The second kappa shape index (κ2) is 6.82. The van der Waals surface area contributed by atoms with Gasteiger partial charge in [0.2, 0.25) is 0 Å². The molecule has 3 nitrogen and oxygen atoms in total. The molecule has 3 rings (SSSR count). The maximum atomic E-state index is 13.6. The van der Waals surface area contributed by atoms with Crippen LogP contribution in [0.5, 0.6) is 0 Å². The second-order valence-electron chi connectivity index (χ2n) is 5.90. The molecule has 1 aliphatic rings. The van der Waals surface area contributed by atoms with Crippen LogP contribution in [0.15, 0.2) is 42.5 Å². The summed E-state index contributed by atoms with van der Waals surface area (Å²) >= 11 is 0. The quantitative estimate of drug-likeness (QED) is 0.936. The van der Waals surface area contributed by atoms with E-state index in [1.54, 1.807) is 6.07 Å². The molecule has 2 aromatic carbocycles. The number of benzene rings is 2. The Morgan fingerprint density at radius 3 is 2.87 bits per heavy atom. The molecule has 1 atom stereocenters. The molecule has 4 heteroatoms. The molecule has 1 amide bonds. The molecule has 0 saturated carbocycles. The maximum absolute atomic E-state index is 13.6. The van der Waals surface area contributed by atoms with Crippen molar-refractivity contribution in [2.75, 3.05) is 13.7 Å². The molecule has 0 fully saturated rings. The number of rotatable bonds is 3. The Hall–Kier alpha value is -2.36. The van der Waals surface area contributed by atoms with Crippen molar-refractivity contribution >= 4 is 6.09 Å². The molecule has 0 saturated heterocycles. The van der Waals surface area contributed by atoms with E-state index in [0.29, 0.717) is 6.54 Å². The molecular weight excluding hydrogens is 293 g/mol. The fourth-order valence-electron chi connectivity index (χ4n) is 3.31. The molecule has 1 aliphatic carbocycles. The Morgan fingerprint density at radius 1 is 1.22 bits per heavy atom. The Morgan fingerprint density at radius 2 is 2.04 bits per heavy atom. The van der Waals surface area contributed by atoms with E-state index >= 15 is 0 Å². The molecule has 0 unspecified atom stereocenters.